The van der Waals surface area contributed by atoms with E-state index in [2.05, 4.69) is 41.8 Å². The number of nitriles is 1. The molecule has 0 fully saturated rings. The highest BCUT2D eigenvalue weighted by Crippen LogP contribution is 2.23. The maximum atomic E-state index is 9.01. The van der Waals surface area contributed by atoms with Crippen molar-refractivity contribution in [1.29, 1.82) is 5.26 Å². The Morgan fingerprint density at radius 2 is 1.78 bits per heavy atom. The van der Waals surface area contributed by atoms with E-state index in [0.29, 0.717) is 5.69 Å². The minimum Gasteiger partial charge on any atom is -0.245 e. The van der Waals surface area contributed by atoms with Crippen LogP contribution in [0.5, 0.6) is 0 Å². The summed E-state index contributed by atoms with van der Waals surface area (Å²) in [6.45, 7) is 6.19. The molecule has 0 saturated carbocycles. The van der Waals surface area contributed by atoms with Crippen LogP contribution in [0.25, 0.3) is 11.1 Å². The zero-order valence-corrected chi connectivity index (χ0v) is 10.7. The van der Waals surface area contributed by atoms with E-state index in [4.69, 9.17) is 5.26 Å². The highest BCUT2D eigenvalue weighted by Gasteiger charge is 2.17. The van der Waals surface area contributed by atoms with Gasteiger partial charge in [-0.3, -0.25) is 0 Å². The molecule has 2 heterocycles. The fraction of sp³-hybridized carbons (Fsp3) is 0.286. The van der Waals surface area contributed by atoms with E-state index in [1.807, 2.05) is 6.07 Å². The van der Waals surface area contributed by atoms with Crippen molar-refractivity contribution in [2.24, 2.45) is 0 Å². The van der Waals surface area contributed by atoms with Gasteiger partial charge < -0.3 is 0 Å². The van der Waals surface area contributed by atoms with Crippen molar-refractivity contribution in [1.82, 2.24) is 15.0 Å². The van der Waals surface area contributed by atoms with Crippen LogP contribution in [0.3, 0.4) is 0 Å². The molecule has 0 amide bonds. The summed E-state index contributed by atoms with van der Waals surface area (Å²) in [6, 6.07) is 5.72. The second kappa shape index (κ2) is 4.53. The molecule has 90 valence electrons. The van der Waals surface area contributed by atoms with Crippen LogP contribution in [0.15, 0.2) is 30.7 Å². The van der Waals surface area contributed by atoms with Gasteiger partial charge in [0.1, 0.15) is 17.6 Å². The Kier molecular flexibility index (Phi) is 3.07. The van der Waals surface area contributed by atoms with Crippen LogP contribution in [0, 0.1) is 11.3 Å². The van der Waals surface area contributed by atoms with Gasteiger partial charge in [0.2, 0.25) is 0 Å². The molecular formula is C14H14N4. The predicted octanol–water partition coefficient (Wildman–Crippen LogP) is 2.71. The van der Waals surface area contributed by atoms with Gasteiger partial charge in [-0.2, -0.15) is 5.26 Å². The van der Waals surface area contributed by atoms with Crippen molar-refractivity contribution in [3.05, 3.63) is 42.2 Å². The third-order valence-corrected chi connectivity index (χ3v) is 2.55. The number of hydrogen-bond acceptors (Lipinski definition) is 4. The van der Waals surface area contributed by atoms with Crippen molar-refractivity contribution in [2.45, 2.75) is 26.2 Å². The first-order chi connectivity index (χ1) is 8.52. The summed E-state index contributed by atoms with van der Waals surface area (Å²) in [5.41, 5.74) is 1.89. The fourth-order valence-electron chi connectivity index (χ4n) is 1.58. The average Bonchev–Trinajstić information content (AvgIpc) is 2.38. The fourth-order valence-corrected chi connectivity index (χ4v) is 1.58. The number of aromatic nitrogens is 3. The molecule has 4 heteroatoms. The molecule has 0 N–H and O–H groups in total. The molecule has 0 saturated heterocycles. The van der Waals surface area contributed by atoms with Crippen LogP contribution in [0.2, 0.25) is 0 Å². The normalized spacial score (nSPS) is 11.0. The minimum absolute atomic E-state index is 0.0779. The first-order valence-corrected chi connectivity index (χ1v) is 5.70. The van der Waals surface area contributed by atoms with E-state index in [1.54, 1.807) is 24.7 Å². The van der Waals surface area contributed by atoms with E-state index in [1.165, 1.54) is 0 Å². The van der Waals surface area contributed by atoms with Crippen LogP contribution in [-0.2, 0) is 5.41 Å². The lowest BCUT2D eigenvalue weighted by Crippen LogP contribution is -2.15. The smallest absolute Gasteiger partial charge is 0.148 e. The van der Waals surface area contributed by atoms with Crippen LogP contribution < -0.4 is 0 Å². The molecule has 2 rings (SSSR count). The van der Waals surface area contributed by atoms with Gasteiger partial charge in [0.05, 0.1) is 0 Å². The van der Waals surface area contributed by atoms with Gasteiger partial charge >= 0.3 is 0 Å². The largest absolute Gasteiger partial charge is 0.245 e. The maximum Gasteiger partial charge on any atom is 0.148 e. The zero-order chi connectivity index (χ0) is 13.2. The third-order valence-electron chi connectivity index (χ3n) is 2.55. The second-order valence-corrected chi connectivity index (χ2v) is 5.06. The summed E-state index contributed by atoms with van der Waals surface area (Å²) in [4.78, 5) is 12.7. The second-order valence-electron chi connectivity index (χ2n) is 5.06. The summed E-state index contributed by atoms with van der Waals surface area (Å²) >= 11 is 0. The van der Waals surface area contributed by atoms with Gasteiger partial charge in [0.25, 0.3) is 0 Å². The Labute approximate surface area is 106 Å². The molecule has 0 aliphatic carbocycles. The van der Waals surface area contributed by atoms with E-state index >= 15 is 0 Å². The first kappa shape index (κ1) is 12.2. The van der Waals surface area contributed by atoms with Crippen LogP contribution in [-0.4, -0.2) is 15.0 Å². The molecule has 0 bridgehead atoms. The molecule has 0 spiro atoms. The topological polar surface area (TPSA) is 62.5 Å². The lowest BCUT2D eigenvalue weighted by atomic mass is 9.95. The van der Waals surface area contributed by atoms with E-state index in [9.17, 15) is 0 Å². The Morgan fingerprint density at radius 1 is 1.11 bits per heavy atom. The van der Waals surface area contributed by atoms with Gasteiger partial charge in [0.15, 0.2) is 0 Å². The van der Waals surface area contributed by atoms with Crippen molar-refractivity contribution in [3.8, 4) is 17.2 Å². The summed E-state index contributed by atoms with van der Waals surface area (Å²) in [6.07, 6.45) is 5.09. The SMILES string of the molecule is CC(C)(C)c1ncc(-c2cccnc2C#N)cn1. The lowest BCUT2D eigenvalue weighted by molar-refractivity contribution is 0.545. The Balaban J connectivity index is 2.45. The Hall–Kier alpha value is -2.28. The molecule has 0 aliphatic rings. The summed E-state index contributed by atoms with van der Waals surface area (Å²) < 4.78 is 0. The quantitative estimate of drug-likeness (QED) is 0.766. The van der Waals surface area contributed by atoms with Gasteiger partial charge in [0, 0.05) is 35.1 Å². The number of rotatable bonds is 1. The highest BCUT2D eigenvalue weighted by molar-refractivity contribution is 5.66. The van der Waals surface area contributed by atoms with Crippen LogP contribution in [0.1, 0.15) is 32.3 Å². The summed E-state index contributed by atoms with van der Waals surface area (Å²) in [5, 5.41) is 9.01. The summed E-state index contributed by atoms with van der Waals surface area (Å²) in [7, 11) is 0. The molecule has 2 aromatic heterocycles. The molecule has 2 aromatic rings. The lowest BCUT2D eigenvalue weighted by Gasteiger charge is -2.16. The number of nitrogens with zero attached hydrogens (tertiary/aromatic N) is 4. The average molecular weight is 238 g/mol. The predicted molar refractivity (Wildman–Crippen MR) is 68.7 cm³/mol. The van der Waals surface area contributed by atoms with Gasteiger partial charge in [-0.25, -0.2) is 15.0 Å². The van der Waals surface area contributed by atoms with Crippen LogP contribution in [0.4, 0.5) is 0 Å². The van der Waals surface area contributed by atoms with Gasteiger partial charge in [-0.05, 0) is 12.1 Å². The molecule has 18 heavy (non-hydrogen) atoms. The first-order valence-electron chi connectivity index (χ1n) is 5.70. The van der Waals surface area contributed by atoms with E-state index < -0.39 is 0 Å². The molecule has 0 atom stereocenters. The number of pyridine rings is 1. The van der Waals surface area contributed by atoms with Crippen molar-refractivity contribution < 1.29 is 0 Å². The summed E-state index contributed by atoms with van der Waals surface area (Å²) in [5.74, 6) is 0.786. The minimum atomic E-state index is -0.0779. The Morgan fingerprint density at radius 3 is 2.33 bits per heavy atom. The van der Waals surface area contributed by atoms with Crippen molar-refractivity contribution in [3.63, 3.8) is 0 Å². The third kappa shape index (κ3) is 2.35. The molecule has 0 unspecified atom stereocenters. The highest BCUT2D eigenvalue weighted by atomic mass is 14.9. The van der Waals surface area contributed by atoms with E-state index in [0.717, 1.165) is 17.0 Å². The van der Waals surface area contributed by atoms with Crippen molar-refractivity contribution >= 4 is 0 Å². The van der Waals surface area contributed by atoms with Crippen molar-refractivity contribution in [2.75, 3.05) is 0 Å². The van der Waals surface area contributed by atoms with Gasteiger partial charge in [-0.15, -0.1) is 0 Å². The monoisotopic (exact) mass is 238 g/mol. The molecule has 4 nitrogen and oxygen atoms in total. The Bertz CT molecular complexity index is 588. The number of hydrogen-bond donors (Lipinski definition) is 0. The van der Waals surface area contributed by atoms with Gasteiger partial charge in [-0.1, -0.05) is 20.8 Å². The standard InChI is InChI=1S/C14H14N4/c1-14(2,3)13-17-8-10(9-18-13)11-5-4-6-16-12(11)7-15/h4-6,8-9H,1-3H3. The zero-order valence-electron chi connectivity index (χ0n) is 10.7. The maximum absolute atomic E-state index is 9.01. The molecule has 0 radical (unpaired) electrons. The molecular weight excluding hydrogens is 224 g/mol. The molecule has 0 aliphatic heterocycles. The molecule has 0 aromatic carbocycles. The van der Waals surface area contributed by atoms with E-state index in [-0.39, 0.29) is 5.41 Å². The van der Waals surface area contributed by atoms with Crippen LogP contribution >= 0.6 is 0 Å².